The fraction of sp³-hybridized carbons (Fsp3) is 0.333. The van der Waals surface area contributed by atoms with E-state index in [4.69, 9.17) is 4.74 Å². The maximum absolute atomic E-state index is 5.85. The molecule has 0 radical (unpaired) electrons. The average Bonchev–Trinajstić information content (AvgIpc) is 2.89. The van der Waals surface area contributed by atoms with E-state index in [1.54, 1.807) is 7.11 Å². The molecule has 0 saturated heterocycles. The minimum absolute atomic E-state index is 0.0634. The molecule has 1 heteroatoms. The Morgan fingerprint density at radius 3 is 2.41 bits per heavy atom. The van der Waals surface area contributed by atoms with Crippen molar-refractivity contribution in [2.45, 2.75) is 39.0 Å². The third-order valence-electron chi connectivity index (χ3n) is 4.41. The highest BCUT2D eigenvalue weighted by molar-refractivity contribution is 5.67. The van der Waals surface area contributed by atoms with Gasteiger partial charge in [-0.05, 0) is 23.5 Å². The number of allylic oxidation sites excluding steroid dienone is 1. The van der Waals surface area contributed by atoms with Gasteiger partial charge in [0, 0.05) is 17.0 Å². The first-order valence-electron chi connectivity index (χ1n) is 7.88. The Morgan fingerprint density at radius 1 is 1.00 bits per heavy atom. The number of hydrogen-bond donors (Lipinski definition) is 0. The van der Waals surface area contributed by atoms with Crippen LogP contribution in [0.15, 0.2) is 42.5 Å². The summed E-state index contributed by atoms with van der Waals surface area (Å²) in [5.74, 6) is 1.32. The van der Waals surface area contributed by atoms with Crippen LogP contribution < -0.4 is 4.74 Å². The molecule has 0 bridgehead atoms. The molecule has 0 saturated carbocycles. The Balaban J connectivity index is 2.21. The van der Waals surface area contributed by atoms with E-state index in [0.717, 1.165) is 5.75 Å². The van der Waals surface area contributed by atoms with Gasteiger partial charge in [-0.25, -0.2) is 0 Å². The fourth-order valence-corrected chi connectivity index (χ4v) is 3.34. The van der Waals surface area contributed by atoms with Crippen molar-refractivity contribution in [2.75, 3.05) is 7.11 Å². The molecule has 0 N–H and O–H groups in total. The van der Waals surface area contributed by atoms with Crippen molar-refractivity contribution in [1.82, 2.24) is 0 Å². The van der Waals surface area contributed by atoms with Gasteiger partial charge in [0.15, 0.2) is 0 Å². The van der Waals surface area contributed by atoms with Crippen molar-refractivity contribution in [3.05, 3.63) is 70.3 Å². The van der Waals surface area contributed by atoms with Crippen molar-refractivity contribution < 1.29 is 4.74 Å². The third kappa shape index (κ3) is 2.45. The monoisotopic (exact) mass is 292 g/mol. The second-order valence-electron chi connectivity index (χ2n) is 7.15. The van der Waals surface area contributed by atoms with E-state index in [0.29, 0.717) is 0 Å². The Kier molecular flexibility index (Phi) is 3.60. The van der Waals surface area contributed by atoms with Gasteiger partial charge in [-0.3, -0.25) is 0 Å². The lowest BCUT2D eigenvalue weighted by Crippen LogP contribution is -2.15. The van der Waals surface area contributed by atoms with E-state index < -0.39 is 0 Å². The molecule has 0 heterocycles. The van der Waals surface area contributed by atoms with E-state index in [1.165, 1.54) is 27.8 Å². The van der Waals surface area contributed by atoms with Crippen LogP contribution in [0.4, 0.5) is 0 Å². The minimum atomic E-state index is 0.0634. The number of aryl methyl sites for hydroxylation is 1. The summed E-state index contributed by atoms with van der Waals surface area (Å²) in [6, 6.07) is 13.1. The first-order chi connectivity index (χ1) is 10.4. The number of fused-ring (bicyclic) bond motifs is 1. The van der Waals surface area contributed by atoms with Crippen LogP contribution in [0, 0.1) is 6.92 Å². The van der Waals surface area contributed by atoms with Crippen LogP contribution in [0.1, 0.15) is 54.5 Å². The van der Waals surface area contributed by atoms with Crippen LogP contribution in [-0.4, -0.2) is 7.11 Å². The lowest BCUT2D eigenvalue weighted by molar-refractivity contribution is 0.392. The van der Waals surface area contributed by atoms with Gasteiger partial charge < -0.3 is 4.74 Å². The molecule has 1 aliphatic rings. The maximum Gasteiger partial charge on any atom is 0.126 e. The Hall–Kier alpha value is -2.02. The van der Waals surface area contributed by atoms with E-state index >= 15 is 0 Å². The molecule has 2 aromatic carbocycles. The molecule has 0 amide bonds. The number of hydrogen-bond acceptors (Lipinski definition) is 1. The molecular formula is C21H24O. The van der Waals surface area contributed by atoms with Crippen molar-refractivity contribution >= 4 is 6.08 Å². The largest absolute Gasteiger partial charge is 0.496 e. The molecule has 2 aromatic rings. The number of benzene rings is 2. The van der Waals surface area contributed by atoms with E-state index in [9.17, 15) is 0 Å². The SMILES string of the molecule is COc1c(C2C=Cc3ccccc32)cc(C)cc1C(C)(C)C. The lowest BCUT2D eigenvalue weighted by atomic mass is 9.81. The highest BCUT2D eigenvalue weighted by Gasteiger charge is 2.27. The van der Waals surface area contributed by atoms with Crippen molar-refractivity contribution in [2.24, 2.45) is 0 Å². The molecule has 22 heavy (non-hydrogen) atoms. The first-order valence-corrected chi connectivity index (χ1v) is 7.88. The van der Waals surface area contributed by atoms with Gasteiger partial charge in [-0.1, -0.05) is 74.9 Å². The zero-order valence-electron chi connectivity index (χ0n) is 14.1. The topological polar surface area (TPSA) is 9.23 Å². The van der Waals surface area contributed by atoms with Crippen molar-refractivity contribution in [1.29, 1.82) is 0 Å². The quantitative estimate of drug-likeness (QED) is 0.714. The molecule has 0 aliphatic heterocycles. The Morgan fingerprint density at radius 2 is 1.73 bits per heavy atom. The van der Waals surface area contributed by atoms with Gasteiger partial charge in [0.1, 0.15) is 5.75 Å². The zero-order chi connectivity index (χ0) is 15.9. The van der Waals surface area contributed by atoms with Crippen LogP contribution in [0.25, 0.3) is 6.08 Å². The molecule has 1 atom stereocenters. The van der Waals surface area contributed by atoms with Crippen LogP contribution in [0.3, 0.4) is 0 Å². The minimum Gasteiger partial charge on any atom is -0.496 e. The highest BCUT2D eigenvalue weighted by Crippen LogP contribution is 2.43. The van der Waals surface area contributed by atoms with Crippen molar-refractivity contribution in [3.8, 4) is 5.75 Å². The summed E-state index contributed by atoms with van der Waals surface area (Å²) >= 11 is 0. The van der Waals surface area contributed by atoms with Gasteiger partial charge >= 0.3 is 0 Å². The fourth-order valence-electron chi connectivity index (χ4n) is 3.34. The van der Waals surface area contributed by atoms with Gasteiger partial charge in [-0.15, -0.1) is 0 Å². The average molecular weight is 292 g/mol. The van der Waals surface area contributed by atoms with Crippen LogP contribution in [-0.2, 0) is 5.41 Å². The molecule has 0 fully saturated rings. The summed E-state index contributed by atoms with van der Waals surface area (Å²) in [5.41, 5.74) is 6.59. The zero-order valence-corrected chi connectivity index (χ0v) is 14.1. The Labute approximate surface area is 133 Å². The predicted octanol–water partition coefficient (Wildman–Crippen LogP) is 5.46. The van der Waals surface area contributed by atoms with Gasteiger partial charge in [0.25, 0.3) is 0 Å². The standard InChI is InChI=1S/C21H24O/c1-14-12-18(20(22-5)19(13-14)21(2,3)4)17-11-10-15-8-6-7-9-16(15)17/h6-13,17H,1-5H3. The summed E-state index contributed by atoms with van der Waals surface area (Å²) in [4.78, 5) is 0. The lowest BCUT2D eigenvalue weighted by Gasteiger charge is -2.26. The van der Waals surface area contributed by atoms with E-state index in [2.05, 4.69) is 76.2 Å². The summed E-state index contributed by atoms with van der Waals surface area (Å²) in [7, 11) is 1.79. The third-order valence-corrected chi connectivity index (χ3v) is 4.41. The normalized spacial score (nSPS) is 16.7. The van der Waals surface area contributed by atoms with Crippen molar-refractivity contribution in [3.63, 3.8) is 0 Å². The van der Waals surface area contributed by atoms with Gasteiger partial charge in [0.2, 0.25) is 0 Å². The second-order valence-corrected chi connectivity index (χ2v) is 7.15. The number of ether oxygens (including phenoxy) is 1. The smallest absolute Gasteiger partial charge is 0.126 e. The molecule has 0 spiro atoms. The molecular weight excluding hydrogens is 268 g/mol. The van der Waals surface area contributed by atoms with E-state index in [-0.39, 0.29) is 11.3 Å². The van der Waals surface area contributed by atoms with Gasteiger partial charge in [-0.2, -0.15) is 0 Å². The second kappa shape index (κ2) is 5.31. The Bertz CT molecular complexity index is 732. The number of rotatable bonds is 2. The molecule has 1 aliphatic carbocycles. The summed E-state index contributed by atoms with van der Waals surface area (Å²) in [6.07, 6.45) is 4.51. The van der Waals surface area contributed by atoms with Crippen LogP contribution >= 0.6 is 0 Å². The molecule has 0 aromatic heterocycles. The maximum atomic E-state index is 5.85. The molecule has 114 valence electrons. The molecule has 1 unspecified atom stereocenters. The van der Waals surface area contributed by atoms with E-state index in [1.807, 2.05) is 0 Å². The van der Waals surface area contributed by atoms with Crippen LogP contribution in [0.5, 0.6) is 5.75 Å². The first kappa shape index (κ1) is 14.9. The summed E-state index contributed by atoms with van der Waals surface area (Å²) in [6.45, 7) is 8.90. The van der Waals surface area contributed by atoms with Crippen LogP contribution in [0.2, 0.25) is 0 Å². The molecule has 3 rings (SSSR count). The highest BCUT2D eigenvalue weighted by atomic mass is 16.5. The summed E-state index contributed by atoms with van der Waals surface area (Å²) < 4.78 is 5.85. The van der Waals surface area contributed by atoms with Gasteiger partial charge in [0.05, 0.1) is 7.11 Å². The summed E-state index contributed by atoms with van der Waals surface area (Å²) in [5, 5.41) is 0. The molecule has 1 nitrogen and oxygen atoms in total. The predicted molar refractivity (Wildman–Crippen MR) is 93.8 cm³/mol. The number of methoxy groups -OCH3 is 1.